The van der Waals surface area contributed by atoms with E-state index >= 15 is 0 Å². The summed E-state index contributed by atoms with van der Waals surface area (Å²) in [6, 6.07) is 3.13. The highest BCUT2D eigenvalue weighted by atomic mass is 35.5. The zero-order valence-corrected chi connectivity index (χ0v) is 11.1. The van der Waals surface area contributed by atoms with Gasteiger partial charge >= 0.3 is 5.97 Å². The normalized spacial score (nSPS) is 13.3. The summed E-state index contributed by atoms with van der Waals surface area (Å²) in [4.78, 5) is 15.0. The van der Waals surface area contributed by atoms with Crippen LogP contribution in [0.15, 0.2) is 24.4 Å². The number of carboxylic acid groups (broad SMARTS) is 1. The third-order valence-electron chi connectivity index (χ3n) is 3.27. The molecule has 6 heteroatoms. The first-order valence-electron chi connectivity index (χ1n) is 6.04. The van der Waals surface area contributed by atoms with E-state index in [1.807, 2.05) is 6.08 Å². The summed E-state index contributed by atoms with van der Waals surface area (Å²) < 4.78 is 15.6. The average Bonchev–Trinajstić information content (AvgIpc) is 2.71. The van der Waals surface area contributed by atoms with E-state index in [1.165, 1.54) is 6.20 Å². The van der Waals surface area contributed by atoms with Crippen LogP contribution in [0.4, 0.5) is 4.39 Å². The van der Waals surface area contributed by atoms with Crippen molar-refractivity contribution in [2.45, 2.75) is 13.0 Å². The van der Waals surface area contributed by atoms with E-state index in [-0.39, 0.29) is 16.1 Å². The van der Waals surface area contributed by atoms with Crippen molar-refractivity contribution in [2.75, 3.05) is 0 Å². The van der Waals surface area contributed by atoms with Crippen molar-refractivity contribution in [1.82, 2.24) is 9.55 Å². The molecule has 0 amide bonds. The van der Waals surface area contributed by atoms with Crippen LogP contribution in [-0.4, -0.2) is 20.6 Å². The van der Waals surface area contributed by atoms with Crippen molar-refractivity contribution >= 4 is 23.6 Å². The standard InChI is InChI=1S/C14H10ClFN2O2/c15-11-10(14(19)20)9-5-1-2-7-18(9)12(11)8-4-3-6-17-13(8)16/h1,3-6H,2,7H2,(H,19,20). The lowest BCUT2D eigenvalue weighted by Gasteiger charge is -2.14. The minimum Gasteiger partial charge on any atom is -0.478 e. The maximum Gasteiger partial charge on any atom is 0.339 e. The van der Waals surface area contributed by atoms with Gasteiger partial charge in [0.15, 0.2) is 0 Å². The van der Waals surface area contributed by atoms with Gasteiger partial charge in [0, 0.05) is 12.7 Å². The second-order valence-electron chi connectivity index (χ2n) is 4.41. The number of rotatable bonds is 2. The van der Waals surface area contributed by atoms with Gasteiger partial charge in [-0.05, 0) is 24.6 Å². The Morgan fingerprint density at radius 3 is 3.00 bits per heavy atom. The number of pyridine rings is 1. The topological polar surface area (TPSA) is 55.1 Å². The first-order chi connectivity index (χ1) is 9.61. The smallest absolute Gasteiger partial charge is 0.339 e. The molecule has 0 saturated carbocycles. The van der Waals surface area contributed by atoms with Crippen LogP contribution >= 0.6 is 11.6 Å². The van der Waals surface area contributed by atoms with Crippen molar-refractivity contribution in [1.29, 1.82) is 0 Å². The van der Waals surface area contributed by atoms with Gasteiger partial charge in [-0.1, -0.05) is 17.7 Å². The molecule has 2 aromatic rings. The summed E-state index contributed by atoms with van der Waals surface area (Å²) in [5, 5.41) is 9.36. The number of hydrogen-bond acceptors (Lipinski definition) is 2. The van der Waals surface area contributed by atoms with Gasteiger partial charge in [-0.15, -0.1) is 0 Å². The second kappa shape index (κ2) is 4.76. The number of halogens is 2. The zero-order chi connectivity index (χ0) is 14.3. The lowest BCUT2D eigenvalue weighted by atomic mass is 10.1. The fraction of sp³-hybridized carbons (Fsp3) is 0.143. The molecule has 0 unspecified atom stereocenters. The lowest BCUT2D eigenvalue weighted by Crippen LogP contribution is -2.08. The second-order valence-corrected chi connectivity index (χ2v) is 4.79. The maximum atomic E-state index is 13.9. The molecule has 3 rings (SSSR count). The minimum absolute atomic E-state index is 0.000805. The molecule has 0 spiro atoms. The molecule has 1 N–H and O–H groups in total. The quantitative estimate of drug-likeness (QED) is 0.863. The summed E-state index contributed by atoms with van der Waals surface area (Å²) in [6.45, 7) is 0.558. The van der Waals surface area contributed by atoms with Crippen LogP contribution in [0.1, 0.15) is 22.5 Å². The number of allylic oxidation sites excluding steroid dienone is 1. The first-order valence-corrected chi connectivity index (χ1v) is 6.41. The molecular formula is C14H10ClFN2O2. The van der Waals surface area contributed by atoms with Gasteiger partial charge < -0.3 is 9.67 Å². The Balaban J connectivity index is 2.35. The predicted octanol–water partition coefficient (Wildman–Crippen LogP) is 3.46. The van der Waals surface area contributed by atoms with E-state index < -0.39 is 11.9 Å². The fourth-order valence-corrected chi connectivity index (χ4v) is 2.82. The van der Waals surface area contributed by atoms with E-state index in [9.17, 15) is 14.3 Å². The van der Waals surface area contributed by atoms with E-state index in [4.69, 9.17) is 11.6 Å². The van der Waals surface area contributed by atoms with E-state index in [0.717, 1.165) is 6.42 Å². The molecule has 4 nitrogen and oxygen atoms in total. The van der Waals surface area contributed by atoms with Gasteiger partial charge in [0.05, 0.1) is 22.0 Å². The van der Waals surface area contributed by atoms with Crippen molar-refractivity contribution < 1.29 is 14.3 Å². The van der Waals surface area contributed by atoms with Gasteiger partial charge in [0.2, 0.25) is 5.95 Å². The van der Waals surface area contributed by atoms with Crippen LogP contribution in [-0.2, 0) is 6.54 Å². The van der Waals surface area contributed by atoms with Crippen LogP contribution in [0.5, 0.6) is 0 Å². The third-order valence-corrected chi connectivity index (χ3v) is 3.64. The molecule has 2 aromatic heterocycles. The summed E-state index contributed by atoms with van der Waals surface area (Å²) in [7, 11) is 0. The highest BCUT2D eigenvalue weighted by molar-refractivity contribution is 6.36. The first kappa shape index (κ1) is 12.9. The molecule has 0 saturated heterocycles. The van der Waals surface area contributed by atoms with E-state index in [0.29, 0.717) is 17.9 Å². The molecule has 1 aliphatic rings. The van der Waals surface area contributed by atoms with Crippen LogP contribution < -0.4 is 0 Å². The number of hydrogen-bond donors (Lipinski definition) is 1. The Hall–Kier alpha value is -2.14. The Labute approximate surface area is 119 Å². The molecular weight excluding hydrogens is 283 g/mol. The number of fused-ring (bicyclic) bond motifs is 1. The third kappa shape index (κ3) is 1.82. The van der Waals surface area contributed by atoms with Crippen LogP contribution in [0, 0.1) is 5.95 Å². The number of carboxylic acids is 1. The van der Waals surface area contributed by atoms with Gasteiger partial charge in [0.25, 0.3) is 0 Å². The van der Waals surface area contributed by atoms with Crippen molar-refractivity contribution in [3.63, 3.8) is 0 Å². The Morgan fingerprint density at radius 2 is 2.30 bits per heavy atom. The molecule has 0 atom stereocenters. The highest BCUT2D eigenvalue weighted by Crippen LogP contribution is 2.38. The van der Waals surface area contributed by atoms with Crippen LogP contribution in [0.2, 0.25) is 5.02 Å². The van der Waals surface area contributed by atoms with Gasteiger partial charge in [-0.2, -0.15) is 4.39 Å². The van der Waals surface area contributed by atoms with Crippen molar-refractivity contribution in [2.24, 2.45) is 0 Å². The monoisotopic (exact) mass is 292 g/mol. The van der Waals surface area contributed by atoms with E-state index in [2.05, 4.69) is 4.98 Å². The number of carbonyl (C=O) groups is 1. The van der Waals surface area contributed by atoms with Gasteiger partial charge in [-0.3, -0.25) is 0 Å². The highest BCUT2D eigenvalue weighted by Gasteiger charge is 2.28. The van der Waals surface area contributed by atoms with Crippen molar-refractivity contribution in [3.05, 3.63) is 46.6 Å². The SMILES string of the molecule is O=C(O)c1c(Cl)c(-c2cccnc2F)n2c1C=CCC2. The summed E-state index contributed by atoms with van der Waals surface area (Å²) in [5.74, 6) is -1.79. The van der Waals surface area contributed by atoms with Crippen LogP contribution in [0.3, 0.4) is 0 Å². The Bertz CT molecular complexity index is 737. The molecule has 102 valence electrons. The minimum atomic E-state index is -1.12. The number of aromatic carboxylic acids is 1. The largest absolute Gasteiger partial charge is 0.478 e. The number of aromatic nitrogens is 2. The summed E-state index contributed by atoms with van der Waals surface area (Å²) >= 11 is 6.19. The average molecular weight is 293 g/mol. The molecule has 0 radical (unpaired) electrons. The van der Waals surface area contributed by atoms with Crippen LogP contribution in [0.25, 0.3) is 17.3 Å². The van der Waals surface area contributed by atoms with Gasteiger partial charge in [-0.25, -0.2) is 9.78 Å². The van der Waals surface area contributed by atoms with E-state index in [1.54, 1.807) is 22.8 Å². The zero-order valence-electron chi connectivity index (χ0n) is 10.3. The molecule has 20 heavy (non-hydrogen) atoms. The predicted molar refractivity (Wildman–Crippen MR) is 73.2 cm³/mol. The molecule has 1 aliphatic heterocycles. The lowest BCUT2D eigenvalue weighted by molar-refractivity contribution is 0.0696. The molecule has 0 aromatic carbocycles. The summed E-state index contributed by atoms with van der Waals surface area (Å²) in [5.41, 5.74) is 1.07. The Morgan fingerprint density at radius 1 is 1.50 bits per heavy atom. The fourth-order valence-electron chi connectivity index (χ4n) is 2.44. The summed E-state index contributed by atoms with van der Waals surface area (Å²) in [6.07, 6.45) is 5.66. The molecule has 0 aliphatic carbocycles. The van der Waals surface area contributed by atoms with Crippen molar-refractivity contribution in [3.8, 4) is 11.3 Å². The maximum absolute atomic E-state index is 13.9. The Kier molecular flexibility index (Phi) is 3.06. The molecule has 0 fully saturated rings. The molecule has 0 bridgehead atoms. The van der Waals surface area contributed by atoms with Gasteiger partial charge in [0.1, 0.15) is 5.56 Å². The molecule has 3 heterocycles. The number of nitrogens with zero attached hydrogens (tertiary/aromatic N) is 2.